The second kappa shape index (κ2) is 16.5. The molecule has 9 rings (SSSR count). The lowest BCUT2D eigenvalue weighted by Crippen LogP contribution is -2.62. The number of rotatable bonds is 11. The Morgan fingerprint density at radius 3 is 2.78 bits per heavy atom. The Morgan fingerprint density at radius 2 is 1.93 bits per heavy atom. The molecule has 4 heterocycles. The third-order valence-electron chi connectivity index (χ3n) is 12.3. The first-order chi connectivity index (χ1) is 28.8. The van der Waals surface area contributed by atoms with Gasteiger partial charge in [-0.05, 0) is 115 Å². The van der Waals surface area contributed by atoms with Gasteiger partial charge in [-0.15, -0.1) is 0 Å². The number of hydrogen-bond donors (Lipinski definition) is 7. The first-order valence-electron chi connectivity index (χ1n) is 20.7. The van der Waals surface area contributed by atoms with Crippen LogP contribution in [-0.2, 0) is 30.4 Å². The van der Waals surface area contributed by atoms with Crippen molar-refractivity contribution in [1.82, 2.24) is 16.0 Å². The zero-order valence-electron chi connectivity index (χ0n) is 33.5. The van der Waals surface area contributed by atoms with Gasteiger partial charge in [-0.3, -0.25) is 15.6 Å². The second-order valence-corrected chi connectivity index (χ2v) is 16.3. The number of aliphatic hydroxyl groups excluding tert-OH is 2. The molecule has 0 amide bonds. The first-order valence-corrected chi connectivity index (χ1v) is 20.7. The smallest absolute Gasteiger partial charge is 0.161 e. The van der Waals surface area contributed by atoms with Crippen molar-refractivity contribution in [3.8, 4) is 51.7 Å². The molecule has 0 aromatic heterocycles. The Labute approximate surface area is 343 Å². The van der Waals surface area contributed by atoms with E-state index in [-0.39, 0.29) is 43.5 Å². The predicted octanol–water partition coefficient (Wildman–Crippen LogP) is 3.03. The maximum Gasteiger partial charge on any atom is 0.161 e. The molecule has 12 heteroatoms. The molecule has 2 bridgehead atoms. The molecule has 0 saturated carbocycles. The highest BCUT2D eigenvalue weighted by Crippen LogP contribution is 2.58. The van der Waals surface area contributed by atoms with E-state index in [2.05, 4.69) is 57.1 Å². The lowest BCUT2D eigenvalue weighted by atomic mass is 9.69. The summed E-state index contributed by atoms with van der Waals surface area (Å²) in [5, 5.41) is 54.6. The van der Waals surface area contributed by atoms with Gasteiger partial charge in [0.2, 0.25) is 0 Å². The van der Waals surface area contributed by atoms with Gasteiger partial charge in [0.25, 0.3) is 0 Å². The van der Waals surface area contributed by atoms with Crippen LogP contribution >= 0.6 is 0 Å². The summed E-state index contributed by atoms with van der Waals surface area (Å²) < 4.78 is 27.4. The summed E-state index contributed by atoms with van der Waals surface area (Å²) in [6, 6.07) is 16.9. The Hall–Kier alpha value is -5.13. The number of fused-ring (bicyclic) bond motifs is 13. The molecule has 5 aliphatic rings. The van der Waals surface area contributed by atoms with Gasteiger partial charge >= 0.3 is 0 Å². The highest BCUT2D eigenvalue weighted by Gasteiger charge is 2.54. The Kier molecular flexibility index (Phi) is 11.0. The van der Waals surface area contributed by atoms with E-state index in [4.69, 9.17) is 18.9 Å². The highest BCUT2D eigenvalue weighted by atomic mass is 16.6. The van der Waals surface area contributed by atoms with E-state index >= 15 is 0 Å². The number of phenolic OH excluding ortho intramolecular Hbond substituents is 2. The van der Waals surface area contributed by atoms with Crippen LogP contribution in [0.25, 0.3) is 17.2 Å². The fourth-order valence-corrected chi connectivity index (χ4v) is 9.54. The van der Waals surface area contributed by atoms with Crippen molar-refractivity contribution in [3.63, 3.8) is 0 Å². The molecular formula is C47H52N4O8. The third-order valence-corrected chi connectivity index (χ3v) is 12.3. The maximum absolute atomic E-state index is 11.0. The Bertz CT molecular complexity index is 2440. The lowest BCUT2D eigenvalue weighted by Gasteiger charge is -2.49. The standard InChI is InChI=1S/C47H52N4O8/c1-27(53)23-49-25-51-42-5-3-4-16-56-41-20-30(7-13-40(41)55)46-47(42,57-26-48-2)22-38-37-19-31(18-28-6-12-39-29(17-28)14-15-50-39)36-21-32(54)8-10-34(36)43(37)45-35(44(38)59-46)11-9-33(24-52)58-45/h6-8,10,12-14,17,20-21,27,31,33,42,46,48-49,51-55H,4,9,11,15-16,18-19,22-26H2,1-2H3. The second-order valence-electron chi connectivity index (χ2n) is 16.3. The molecule has 0 spiro atoms. The van der Waals surface area contributed by atoms with Gasteiger partial charge in [0.05, 0.1) is 38.0 Å². The number of aliphatic hydroxyl groups is 2. The summed E-state index contributed by atoms with van der Waals surface area (Å²) >= 11 is 0. The first kappa shape index (κ1) is 39.3. The fraction of sp³-hybridized carbons (Fsp3) is 0.426. The van der Waals surface area contributed by atoms with Crippen molar-refractivity contribution in [3.05, 3.63) is 98.6 Å². The van der Waals surface area contributed by atoms with Crippen LogP contribution in [0.3, 0.4) is 0 Å². The molecular weight excluding hydrogens is 749 g/mol. The minimum atomic E-state index is -1.14. The van der Waals surface area contributed by atoms with Crippen LogP contribution in [0.1, 0.15) is 65.2 Å². The summed E-state index contributed by atoms with van der Waals surface area (Å²) in [7, 11) is 1.84. The van der Waals surface area contributed by atoms with Crippen LogP contribution in [0, 0.1) is 11.8 Å². The molecule has 4 aromatic carbocycles. The molecule has 4 aliphatic heterocycles. The number of aromatic hydroxyl groups is 2. The Balaban J connectivity index is 1.26. The van der Waals surface area contributed by atoms with E-state index < -0.39 is 23.9 Å². The Morgan fingerprint density at radius 1 is 1.03 bits per heavy atom. The van der Waals surface area contributed by atoms with E-state index in [0.29, 0.717) is 63.4 Å². The van der Waals surface area contributed by atoms with E-state index in [1.54, 1.807) is 19.1 Å². The summed E-state index contributed by atoms with van der Waals surface area (Å²) in [6.45, 7) is 3.51. The third kappa shape index (κ3) is 7.41. The molecule has 6 atom stereocenters. The number of phenols is 2. The number of nitrogens with one attached hydrogen (secondary N) is 3. The van der Waals surface area contributed by atoms with Gasteiger partial charge in [0.15, 0.2) is 17.6 Å². The molecule has 12 nitrogen and oxygen atoms in total. The van der Waals surface area contributed by atoms with Gasteiger partial charge in [-0.25, -0.2) is 0 Å². The van der Waals surface area contributed by atoms with Crippen molar-refractivity contribution < 1.29 is 39.4 Å². The quantitative estimate of drug-likeness (QED) is 0.0678. The average molecular weight is 801 g/mol. The number of ether oxygens (including phenoxy) is 4. The summed E-state index contributed by atoms with van der Waals surface area (Å²) in [5.41, 5.74) is 6.81. The van der Waals surface area contributed by atoms with Gasteiger partial charge < -0.3 is 44.7 Å². The van der Waals surface area contributed by atoms with Gasteiger partial charge in [-0.1, -0.05) is 36.1 Å². The summed E-state index contributed by atoms with van der Waals surface area (Å²) in [5.74, 6) is 8.86. The molecule has 0 radical (unpaired) electrons. The SMILES string of the molecule is CNCOC12Cc3c4c(c5c(c3OC1c1ccc(O)c(c1)OCCC#CC2NCNCC(C)O)CCC(CO)O5)-c1ccc(O)cc1C(Cc1ccc2c(c1)=CCN=2)C4. The van der Waals surface area contributed by atoms with Crippen molar-refractivity contribution in [2.24, 2.45) is 4.99 Å². The van der Waals surface area contributed by atoms with E-state index in [0.717, 1.165) is 61.7 Å². The molecule has 4 aromatic rings. The molecule has 7 N–H and O–H groups in total. The van der Waals surface area contributed by atoms with E-state index in [1.165, 1.54) is 5.56 Å². The van der Waals surface area contributed by atoms with Crippen LogP contribution in [0.4, 0.5) is 0 Å². The minimum Gasteiger partial charge on any atom is -0.508 e. The highest BCUT2D eigenvalue weighted by molar-refractivity contribution is 5.85. The lowest BCUT2D eigenvalue weighted by molar-refractivity contribution is -0.141. The number of hydrogen-bond acceptors (Lipinski definition) is 12. The zero-order valence-corrected chi connectivity index (χ0v) is 33.5. The largest absolute Gasteiger partial charge is 0.508 e. The minimum absolute atomic E-state index is 0.00461. The van der Waals surface area contributed by atoms with Crippen LogP contribution in [-0.4, -0.2) is 91.0 Å². The molecule has 0 fully saturated rings. The molecule has 6 unspecified atom stereocenters. The van der Waals surface area contributed by atoms with Crippen molar-refractivity contribution >= 4 is 6.08 Å². The molecule has 59 heavy (non-hydrogen) atoms. The monoisotopic (exact) mass is 800 g/mol. The maximum atomic E-state index is 11.0. The molecule has 1 aliphatic carbocycles. The molecule has 308 valence electrons. The summed E-state index contributed by atoms with van der Waals surface area (Å²) in [6.07, 6.45) is 3.91. The van der Waals surface area contributed by atoms with Crippen LogP contribution < -0.4 is 40.7 Å². The normalized spacial score (nSPS) is 23.9. The van der Waals surface area contributed by atoms with Crippen LogP contribution in [0.2, 0.25) is 0 Å². The van der Waals surface area contributed by atoms with Crippen LogP contribution in [0.5, 0.6) is 28.7 Å². The number of nitrogens with zero attached hydrogens (tertiary/aromatic N) is 1. The molecule has 0 saturated heterocycles. The van der Waals surface area contributed by atoms with Crippen LogP contribution in [0.15, 0.2) is 59.6 Å². The van der Waals surface area contributed by atoms with Gasteiger partial charge in [-0.2, -0.15) is 0 Å². The average Bonchev–Trinajstić information content (AvgIpc) is 3.71. The van der Waals surface area contributed by atoms with E-state index in [1.807, 2.05) is 31.3 Å². The number of benzene rings is 4. The van der Waals surface area contributed by atoms with Crippen molar-refractivity contribution in [1.29, 1.82) is 0 Å². The zero-order chi connectivity index (χ0) is 40.7. The van der Waals surface area contributed by atoms with Gasteiger partial charge in [0, 0.05) is 42.7 Å². The fourth-order valence-electron chi connectivity index (χ4n) is 9.54. The van der Waals surface area contributed by atoms with Crippen molar-refractivity contribution in [2.75, 3.05) is 46.8 Å². The predicted molar refractivity (Wildman–Crippen MR) is 222 cm³/mol. The topological polar surface area (TPSA) is 166 Å². The van der Waals surface area contributed by atoms with Gasteiger partial charge in [0.1, 0.15) is 35.0 Å². The van der Waals surface area contributed by atoms with E-state index in [9.17, 15) is 20.4 Å². The summed E-state index contributed by atoms with van der Waals surface area (Å²) in [4.78, 5) is 4.61. The van der Waals surface area contributed by atoms with Crippen molar-refractivity contribution in [2.45, 2.75) is 81.3 Å².